The van der Waals surface area contributed by atoms with Crippen LogP contribution in [0.5, 0.6) is 0 Å². The molecule has 1 aliphatic carbocycles. The van der Waals surface area contributed by atoms with E-state index in [1.807, 2.05) is 6.92 Å². The van der Waals surface area contributed by atoms with Gasteiger partial charge < -0.3 is 4.90 Å². The maximum atomic E-state index is 11.9. The van der Waals surface area contributed by atoms with Gasteiger partial charge in [-0.1, -0.05) is 13.0 Å². The molecule has 1 unspecified atom stereocenters. The first kappa shape index (κ1) is 11.2. The quantitative estimate of drug-likeness (QED) is 0.776. The predicted molar refractivity (Wildman–Crippen MR) is 67.2 cm³/mol. The molecule has 0 fully saturated rings. The van der Waals surface area contributed by atoms with Gasteiger partial charge in [-0.25, -0.2) is 0 Å². The van der Waals surface area contributed by atoms with Crippen LogP contribution in [0.2, 0.25) is 0 Å². The van der Waals surface area contributed by atoms with Crippen molar-refractivity contribution in [1.29, 1.82) is 0 Å². The van der Waals surface area contributed by atoms with E-state index in [0.717, 1.165) is 25.1 Å². The molecule has 1 aromatic carbocycles. The van der Waals surface area contributed by atoms with Crippen LogP contribution in [0.4, 0.5) is 5.69 Å². The normalized spacial score (nSPS) is 18.7. The molecule has 0 saturated heterocycles. The summed E-state index contributed by atoms with van der Waals surface area (Å²) in [5.74, 6) is 0.478. The SMILES string of the molecule is CCN(CC)c1ccc2c(c1)C(=O)C(C)C2. The van der Waals surface area contributed by atoms with E-state index in [1.54, 1.807) is 0 Å². The van der Waals surface area contributed by atoms with Crippen molar-refractivity contribution < 1.29 is 4.79 Å². The number of hydrogen-bond acceptors (Lipinski definition) is 2. The van der Waals surface area contributed by atoms with Crippen LogP contribution in [0.25, 0.3) is 0 Å². The van der Waals surface area contributed by atoms with Crippen molar-refractivity contribution >= 4 is 11.5 Å². The maximum Gasteiger partial charge on any atom is 0.166 e. The van der Waals surface area contributed by atoms with Crippen molar-refractivity contribution in [2.24, 2.45) is 5.92 Å². The van der Waals surface area contributed by atoms with Crippen molar-refractivity contribution in [2.45, 2.75) is 27.2 Å². The van der Waals surface area contributed by atoms with Gasteiger partial charge in [-0.2, -0.15) is 0 Å². The minimum absolute atomic E-state index is 0.168. The summed E-state index contributed by atoms with van der Waals surface area (Å²) in [7, 11) is 0. The molecule has 1 aromatic rings. The maximum absolute atomic E-state index is 11.9. The minimum Gasteiger partial charge on any atom is -0.372 e. The largest absolute Gasteiger partial charge is 0.372 e. The second kappa shape index (κ2) is 4.28. The Hall–Kier alpha value is -1.31. The summed E-state index contributed by atoms with van der Waals surface area (Å²) >= 11 is 0. The molecule has 1 aliphatic rings. The van der Waals surface area contributed by atoms with Crippen molar-refractivity contribution in [1.82, 2.24) is 0 Å². The number of Topliss-reactive ketones (excluding diaryl/α,β-unsaturated/α-hetero) is 1. The molecule has 0 aliphatic heterocycles. The average molecular weight is 217 g/mol. The third-order valence-corrected chi connectivity index (χ3v) is 3.46. The summed E-state index contributed by atoms with van der Waals surface area (Å²) < 4.78 is 0. The highest BCUT2D eigenvalue weighted by molar-refractivity contribution is 6.02. The molecule has 1 atom stereocenters. The summed E-state index contributed by atoms with van der Waals surface area (Å²) in [4.78, 5) is 14.2. The van der Waals surface area contributed by atoms with E-state index in [9.17, 15) is 4.79 Å². The molecule has 2 heteroatoms. The molecular weight excluding hydrogens is 198 g/mol. The van der Waals surface area contributed by atoms with E-state index in [0.29, 0.717) is 5.78 Å². The lowest BCUT2D eigenvalue weighted by atomic mass is 10.1. The number of carbonyl (C=O) groups excluding carboxylic acids is 1. The van der Waals surface area contributed by atoms with E-state index in [4.69, 9.17) is 0 Å². The number of hydrogen-bond donors (Lipinski definition) is 0. The molecule has 0 amide bonds. The van der Waals surface area contributed by atoms with E-state index in [-0.39, 0.29) is 5.92 Å². The van der Waals surface area contributed by atoms with Crippen molar-refractivity contribution in [2.75, 3.05) is 18.0 Å². The Balaban J connectivity index is 2.37. The van der Waals surface area contributed by atoms with Crippen LogP contribution in [-0.2, 0) is 6.42 Å². The summed E-state index contributed by atoms with van der Waals surface area (Å²) in [6, 6.07) is 6.32. The molecule has 0 heterocycles. The summed E-state index contributed by atoms with van der Waals surface area (Å²) in [6.07, 6.45) is 0.909. The lowest BCUT2D eigenvalue weighted by Crippen LogP contribution is -2.22. The van der Waals surface area contributed by atoms with Gasteiger partial charge in [-0.3, -0.25) is 4.79 Å². The molecule has 0 spiro atoms. The zero-order valence-electron chi connectivity index (χ0n) is 10.3. The number of nitrogens with zero attached hydrogens (tertiary/aromatic N) is 1. The number of fused-ring (bicyclic) bond motifs is 1. The fraction of sp³-hybridized carbons (Fsp3) is 0.500. The number of anilines is 1. The Labute approximate surface area is 97.3 Å². The first-order chi connectivity index (χ1) is 7.67. The molecule has 0 bridgehead atoms. The van der Waals surface area contributed by atoms with Gasteiger partial charge in [0.15, 0.2) is 5.78 Å². The number of ketones is 1. The molecule has 16 heavy (non-hydrogen) atoms. The number of rotatable bonds is 3. The smallest absolute Gasteiger partial charge is 0.166 e. The lowest BCUT2D eigenvalue weighted by molar-refractivity contribution is 0.0946. The molecule has 2 nitrogen and oxygen atoms in total. The predicted octanol–water partition coefficient (Wildman–Crippen LogP) is 2.91. The molecule has 2 rings (SSSR count). The van der Waals surface area contributed by atoms with Crippen LogP contribution in [0.1, 0.15) is 36.7 Å². The van der Waals surface area contributed by atoms with Gasteiger partial charge >= 0.3 is 0 Å². The topological polar surface area (TPSA) is 20.3 Å². The highest BCUT2D eigenvalue weighted by Crippen LogP contribution is 2.29. The highest BCUT2D eigenvalue weighted by Gasteiger charge is 2.27. The van der Waals surface area contributed by atoms with Crippen LogP contribution in [0.15, 0.2) is 18.2 Å². The van der Waals surface area contributed by atoms with Crippen LogP contribution < -0.4 is 4.90 Å². The first-order valence-corrected chi connectivity index (χ1v) is 6.09. The van der Waals surface area contributed by atoms with Gasteiger partial charge in [0.1, 0.15) is 0 Å². The Morgan fingerprint density at radius 1 is 1.31 bits per heavy atom. The van der Waals surface area contributed by atoms with Crippen molar-refractivity contribution in [3.05, 3.63) is 29.3 Å². The fourth-order valence-corrected chi connectivity index (χ4v) is 2.45. The Bertz CT molecular complexity index is 407. The zero-order chi connectivity index (χ0) is 11.7. The van der Waals surface area contributed by atoms with Gasteiger partial charge in [0, 0.05) is 30.3 Å². The van der Waals surface area contributed by atoms with Crippen LogP contribution in [0, 0.1) is 5.92 Å². The van der Waals surface area contributed by atoms with Gasteiger partial charge in [0.2, 0.25) is 0 Å². The fourth-order valence-electron chi connectivity index (χ4n) is 2.45. The van der Waals surface area contributed by atoms with Crippen molar-refractivity contribution in [3.8, 4) is 0 Å². The Kier molecular flexibility index (Phi) is 2.99. The van der Waals surface area contributed by atoms with Gasteiger partial charge in [-0.15, -0.1) is 0 Å². The standard InChI is InChI=1S/C14H19NO/c1-4-15(5-2)12-7-6-11-8-10(3)14(16)13(11)9-12/h6-7,9-10H,4-5,8H2,1-3H3. The second-order valence-corrected chi connectivity index (χ2v) is 4.48. The van der Waals surface area contributed by atoms with Crippen LogP contribution in [0.3, 0.4) is 0 Å². The molecule has 0 radical (unpaired) electrons. The Morgan fingerprint density at radius 2 is 2.00 bits per heavy atom. The molecular formula is C14H19NO. The van der Waals surface area contributed by atoms with E-state index in [1.165, 1.54) is 11.3 Å². The molecule has 0 N–H and O–H groups in total. The third kappa shape index (κ3) is 1.73. The van der Waals surface area contributed by atoms with Gasteiger partial charge in [0.25, 0.3) is 0 Å². The van der Waals surface area contributed by atoms with Crippen molar-refractivity contribution in [3.63, 3.8) is 0 Å². The molecule has 86 valence electrons. The van der Waals surface area contributed by atoms with E-state index >= 15 is 0 Å². The highest BCUT2D eigenvalue weighted by atomic mass is 16.1. The van der Waals surface area contributed by atoms with E-state index in [2.05, 4.69) is 36.9 Å². The summed E-state index contributed by atoms with van der Waals surface area (Å²) in [5.41, 5.74) is 3.33. The van der Waals surface area contributed by atoms with E-state index < -0.39 is 0 Å². The molecule has 0 aromatic heterocycles. The lowest BCUT2D eigenvalue weighted by Gasteiger charge is -2.21. The summed E-state index contributed by atoms with van der Waals surface area (Å²) in [6.45, 7) is 8.26. The van der Waals surface area contributed by atoms with Gasteiger partial charge in [-0.05, 0) is 38.0 Å². The zero-order valence-corrected chi connectivity index (χ0v) is 10.3. The van der Waals surface area contributed by atoms with Crippen LogP contribution >= 0.6 is 0 Å². The number of benzene rings is 1. The third-order valence-electron chi connectivity index (χ3n) is 3.46. The summed E-state index contributed by atoms with van der Waals surface area (Å²) in [5, 5.41) is 0. The molecule has 0 saturated carbocycles. The minimum atomic E-state index is 0.168. The number of carbonyl (C=O) groups is 1. The second-order valence-electron chi connectivity index (χ2n) is 4.48. The average Bonchev–Trinajstić information content (AvgIpc) is 2.57. The monoisotopic (exact) mass is 217 g/mol. The Morgan fingerprint density at radius 3 is 2.62 bits per heavy atom. The van der Waals surface area contributed by atoms with Gasteiger partial charge in [0.05, 0.1) is 0 Å². The van der Waals surface area contributed by atoms with Crippen LogP contribution in [-0.4, -0.2) is 18.9 Å². The first-order valence-electron chi connectivity index (χ1n) is 6.09.